The van der Waals surface area contributed by atoms with E-state index in [9.17, 15) is 19.7 Å². The third kappa shape index (κ3) is 5.27. The van der Waals surface area contributed by atoms with Crippen LogP contribution in [-0.2, 0) is 11.2 Å². The molecule has 2 N–H and O–H groups in total. The number of amides is 1. The van der Waals surface area contributed by atoms with E-state index in [0.717, 1.165) is 5.56 Å². The number of carbonyl (C=O) groups is 2. The molecule has 142 valence electrons. The number of carbonyl (C=O) groups excluding carboxylic acids is 1. The number of nitrogens with zero attached hydrogens (tertiary/aromatic N) is 1. The Kier molecular flexibility index (Phi) is 6.48. The molecule has 1 atom stereocenters. The first-order chi connectivity index (χ1) is 12.8. The molecule has 8 nitrogen and oxygen atoms in total. The molecule has 8 heteroatoms. The quantitative estimate of drug-likeness (QED) is 0.541. The first kappa shape index (κ1) is 19.9. The number of carboxylic acid groups (broad SMARTS) is 1. The average molecular weight is 372 g/mol. The highest BCUT2D eigenvalue weighted by molar-refractivity contribution is 6.07. The van der Waals surface area contributed by atoms with Crippen LogP contribution >= 0.6 is 0 Å². The molecule has 0 aromatic heterocycles. The van der Waals surface area contributed by atoms with Gasteiger partial charge in [-0.15, -0.1) is 0 Å². The summed E-state index contributed by atoms with van der Waals surface area (Å²) in [6.45, 7) is 3.76. The molecule has 27 heavy (non-hydrogen) atoms. The maximum atomic E-state index is 12.5. The largest absolute Gasteiger partial charge is 0.494 e. The van der Waals surface area contributed by atoms with Crippen LogP contribution in [0.5, 0.6) is 5.75 Å². The Morgan fingerprint density at radius 1 is 1.22 bits per heavy atom. The minimum Gasteiger partial charge on any atom is -0.494 e. The number of hydrogen-bond donors (Lipinski definition) is 2. The van der Waals surface area contributed by atoms with Crippen LogP contribution in [0.1, 0.15) is 29.8 Å². The molecule has 0 heterocycles. The van der Waals surface area contributed by atoms with Gasteiger partial charge in [0.25, 0.3) is 11.6 Å². The van der Waals surface area contributed by atoms with Gasteiger partial charge in [0.1, 0.15) is 11.3 Å². The standard InChI is InChI=1S/C19H20N2O6/c1-3-27-15-8-9-17(21(25)26)16(11-15)18(22)20-14-6-4-13(5-7-14)10-12(2)19(23)24/h4-9,11-12H,3,10H2,1-2H3,(H,20,22)(H,23,24). The van der Waals surface area contributed by atoms with E-state index in [4.69, 9.17) is 9.84 Å². The Bertz CT molecular complexity index is 848. The summed E-state index contributed by atoms with van der Waals surface area (Å²) >= 11 is 0. The van der Waals surface area contributed by atoms with Gasteiger partial charge in [-0.05, 0) is 43.2 Å². The normalized spacial score (nSPS) is 11.5. The lowest BCUT2D eigenvalue weighted by Crippen LogP contribution is -2.15. The van der Waals surface area contributed by atoms with E-state index in [2.05, 4.69) is 5.32 Å². The molecular formula is C19H20N2O6. The zero-order chi connectivity index (χ0) is 20.0. The molecule has 0 saturated carbocycles. The summed E-state index contributed by atoms with van der Waals surface area (Å²) in [7, 11) is 0. The van der Waals surface area contributed by atoms with Crippen molar-refractivity contribution in [3.8, 4) is 5.75 Å². The molecule has 0 aliphatic heterocycles. The van der Waals surface area contributed by atoms with Crippen molar-refractivity contribution in [1.29, 1.82) is 0 Å². The van der Waals surface area contributed by atoms with E-state index in [0.29, 0.717) is 24.5 Å². The SMILES string of the molecule is CCOc1ccc([N+](=O)[O-])c(C(=O)Nc2ccc(CC(C)C(=O)O)cc2)c1. The van der Waals surface area contributed by atoms with E-state index < -0.39 is 22.7 Å². The van der Waals surface area contributed by atoms with Crippen LogP contribution in [0.2, 0.25) is 0 Å². The maximum Gasteiger partial charge on any atom is 0.306 e. The number of hydrogen-bond acceptors (Lipinski definition) is 5. The molecule has 0 bridgehead atoms. The van der Waals surface area contributed by atoms with Crippen molar-refractivity contribution in [2.75, 3.05) is 11.9 Å². The van der Waals surface area contributed by atoms with E-state index >= 15 is 0 Å². The number of ether oxygens (including phenoxy) is 1. The Balaban J connectivity index is 2.18. The number of benzene rings is 2. The lowest BCUT2D eigenvalue weighted by molar-refractivity contribution is -0.385. The molecule has 0 aliphatic carbocycles. The fourth-order valence-corrected chi connectivity index (χ4v) is 2.48. The number of aliphatic carboxylic acids is 1. The van der Waals surface area contributed by atoms with Crippen molar-refractivity contribution in [2.24, 2.45) is 5.92 Å². The van der Waals surface area contributed by atoms with Gasteiger partial charge in [-0.2, -0.15) is 0 Å². The van der Waals surface area contributed by atoms with E-state index in [1.807, 2.05) is 0 Å². The van der Waals surface area contributed by atoms with E-state index in [-0.39, 0.29) is 11.3 Å². The molecule has 0 saturated heterocycles. The third-order valence-electron chi connectivity index (χ3n) is 3.90. The molecular weight excluding hydrogens is 352 g/mol. The fraction of sp³-hybridized carbons (Fsp3) is 0.263. The minimum absolute atomic E-state index is 0.102. The van der Waals surface area contributed by atoms with Gasteiger partial charge in [0.05, 0.1) is 17.4 Å². The van der Waals surface area contributed by atoms with Crippen LogP contribution in [0.3, 0.4) is 0 Å². The molecule has 2 aromatic rings. The van der Waals surface area contributed by atoms with Gasteiger partial charge in [-0.1, -0.05) is 19.1 Å². The predicted molar refractivity (Wildman–Crippen MR) is 99.2 cm³/mol. The van der Waals surface area contributed by atoms with Gasteiger partial charge in [0.2, 0.25) is 0 Å². The topological polar surface area (TPSA) is 119 Å². The summed E-state index contributed by atoms with van der Waals surface area (Å²) in [4.78, 5) is 34.0. The van der Waals surface area contributed by atoms with Crippen LogP contribution in [0.25, 0.3) is 0 Å². The van der Waals surface area contributed by atoms with Crippen LogP contribution in [-0.4, -0.2) is 28.5 Å². The second-order valence-corrected chi connectivity index (χ2v) is 5.96. The summed E-state index contributed by atoms with van der Waals surface area (Å²) in [5.41, 5.74) is 0.840. The molecule has 1 unspecified atom stereocenters. The highest BCUT2D eigenvalue weighted by Crippen LogP contribution is 2.25. The number of nitro benzene ring substituents is 1. The number of nitro groups is 1. The van der Waals surface area contributed by atoms with Crippen molar-refractivity contribution in [3.63, 3.8) is 0 Å². The molecule has 2 aromatic carbocycles. The van der Waals surface area contributed by atoms with Crippen molar-refractivity contribution in [1.82, 2.24) is 0 Å². The highest BCUT2D eigenvalue weighted by Gasteiger charge is 2.21. The van der Waals surface area contributed by atoms with Crippen LogP contribution in [0.15, 0.2) is 42.5 Å². The predicted octanol–water partition coefficient (Wildman–Crippen LogP) is 3.51. The smallest absolute Gasteiger partial charge is 0.306 e. The minimum atomic E-state index is -0.881. The second-order valence-electron chi connectivity index (χ2n) is 5.96. The lowest BCUT2D eigenvalue weighted by atomic mass is 10.0. The maximum absolute atomic E-state index is 12.5. The lowest BCUT2D eigenvalue weighted by Gasteiger charge is -2.10. The monoisotopic (exact) mass is 372 g/mol. The molecule has 0 aliphatic rings. The number of rotatable bonds is 8. The summed E-state index contributed by atoms with van der Waals surface area (Å²) in [5, 5.41) is 22.7. The fourth-order valence-electron chi connectivity index (χ4n) is 2.48. The first-order valence-electron chi connectivity index (χ1n) is 8.36. The second kappa shape index (κ2) is 8.79. The van der Waals surface area contributed by atoms with Crippen LogP contribution < -0.4 is 10.1 Å². The van der Waals surface area contributed by atoms with Crippen LogP contribution in [0.4, 0.5) is 11.4 Å². The number of carboxylic acids is 1. The first-order valence-corrected chi connectivity index (χ1v) is 8.36. The molecule has 1 amide bonds. The van der Waals surface area contributed by atoms with Gasteiger partial charge in [0, 0.05) is 11.8 Å². The van der Waals surface area contributed by atoms with Gasteiger partial charge in [0.15, 0.2) is 0 Å². The van der Waals surface area contributed by atoms with Crippen molar-refractivity contribution < 1.29 is 24.4 Å². The Labute approximate surface area is 155 Å². The number of anilines is 1. The van der Waals surface area contributed by atoms with Gasteiger partial charge in [-0.3, -0.25) is 19.7 Å². The van der Waals surface area contributed by atoms with E-state index in [1.165, 1.54) is 18.2 Å². The number of nitrogens with one attached hydrogen (secondary N) is 1. The molecule has 0 fully saturated rings. The zero-order valence-electron chi connectivity index (χ0n) is 15.0. The molecule has 2 rings (SSSR count). The summed E-state index contributed by atoms with van der Waals surface area (Å²) < 4.78 is 5.30. The third-order valence-corrected chi connectivity index (χ3v) is 3.90. The highest BCUT2D eigenvalue weighted by atomic mass is 16.6. The van der Waals surface area contributed by atoms with Gasteiger partial charge >= 0.3 is 5.97 Å². The Morgan fingerprint density at radius 2 is 1.89 bits per heavy atom. The van der Waals surface area contributed by atoms with Gasteiger partial charge < -0.3 is 15.2 Å². The van der Waals surface area contributed by atoms with Crippen LogP contribution in [0, 0.1) is 16.0 Å². The summed E-state index contributed by atoms with van der Waals surface area (Å²) in [5.74, 6) is -1.66. The van der Waals surface area contributed by atoms with Gasteiger partial charge in [-0.25, -0.2) is 0 Å². The summed E-state index contributed by atoms with van der Waals surface area (Å²) in [6, 6.07) is 10.7. The Morgan fingerprint density at radius 3 is 2.44 bits per heavy atom. The van der Waals surface area contributed by atoms with Crippen molar-refractivity contribution in [3.05, 3.63) is 63.7 Å². The molecule has 0 radical (unpaired) electrons. The van der Waals surface area contributed by atoms with Crippen molar-refractivity contribution >= 4 is 23.3 Å². The van der Waals surface area contributed by atoms with Crippen molar-refractivity contribution in [2.45, 2.75) is 20.3 Å². The summed E-state index contributed by atoms with van der Waals surface area (Å²) in [6.07, 6.45) is 0.367. The average Bonchev–Trinajstić information content (AvgIpc) is 2.63. The van der Waals surface area contributed by atoms with E-state index in [1.54, 1.807) is 38.1 Å². The zero-order valence-corrected chi connectivity index (χ0v) is 15.0. The molecule has 0 spiro atoms. The Hall–Kier alpha value is -3.42.